The maximum atomic E-state index is 12.4. The predicted molar refractivity (Wildman–Crippen MR) is 72.2 cm³/mol. The molecule has 1 N–H and O–H groups in total. The first-order chi connectivity index (χ1) is 8.63. The van der Waals surface area contributed by atoms with Crippen molar-refractivity contribution >= 4 is 29.1 Å². The highest BCUT2D eigenvalue weighted by atomic mass is 35.5. The quantitative estimate of drug-likeness (QED) is 0.925. The van der Waals surface area contributed by atoms with Crippen LogP contribution in [0.15, 0.2) is 18.2 Å². The van der Waals surface area contributed by atoms with Crippen LogP contribution >= 0.6 is 23.2 Å². The Kier molecular flexibility index (Phi) is 4.49. The topological polar surface area (TPSA) is 40.5 Å². The summed E-state index contributed by atoms with van der Waals surface area (Å²) >= 11 is 11.9. The zero-order valence-electron chi connectivity index (χ0n) is 9.90. The van der Waals surface area contributed by atoms with Gasteiger partial charge in [-0.2, -0.15) is 0 Å². The number of rotatable bonds is 4. The van der Waals surface area contributed by atoms with Gasteiger partial charge in [-0.3, -0.25) is 4.79 Å². The first kappa shape index (κ1) is 13.7. The Balaban J connectivity index is 2.23. The molecule has 0 atom stereocenters. The minimum Gasteiger partial charge on any atom is -0.395 e. The fourth-order valence-electron chi connectivity index (χ4n) is 2.07. The summed E-state index contributed by atoms with van der Waals surface area (Å²) in [6.07, 6.45) is 3.11. The summed E-state index contributed by atoms with van der Waals surface area (Å²) < 4.78 is 0. The highest BCUT2D eigenvalue weighted by molar-refractivity contribution is 6.35. The molecule has 0 bridgehead atoms. The number of nitrogens with zero attached hydrogens (tertiary/aromatic N) is 1. The lowest BCUT2D eigenvalue weighted by atomic mass is 9.91. The average molecular weight is 288 g/mol. The van der Waals surface area contributed by atoms with Crippen LogP contribution < -0.4 is 0 Å². The van der Waals surface area contributed by atoms with E-state index in [9.17, 15) is 4.79 Å². The third kappa shape index (κ3) is 2.79. The predicted octanol–water partition coefficient (Wildman–Crippen LogP) is 2.98. The number of halogens is 2. The number of benzene rings is 1. The van der Waals surface area contributed by atoms with Crippen LogP contribution in [0.3, 0.4) is 0 Å². The first-order valence-corrected chi connectivity index (χ1v) is 6.76. The van der Waals surface area contributed by atoms with E-state index in [1.165, 1.54) is 0 Å². The lowest BCUT2D eigenvalue weighted by molar-refractivity contribution is 0.0526. The molecule has 0 heterocycles. The van der Waals surface area contributed by atoms with Crippen molar-refractivity contribution in [3.05, 3.63) is 33.8 Å². The van der Waals surface area contributed by atoms with Gasteiger partial charge in [0.25, 0.3) is 5.91 Å². The van der Waals surface area contributed by atoms with Crippen LogP contribution in [0.1, 0.15) is 29.6 Å². The standard InChI is InChI=1S/C13H15Cl2NO2/c14-9-4-5-12(15)11(8-9)13(18)16(6-7-17)10-2-1-3-10/h4-5,8,10,17H,1-3,6-7H2. The second-order valence-electron chi connectivity index (χ2n) is 4.43. The van der Waals surface area contributed by atoms with E-state index in [0.29, 0.717) is 22.2 Å². The van der Waals surface area contributed by atoms with E-state index in [-0.39, 0.29) is 18.6 Å². The third-order valence-corrected chi connectivity index (χ3v) is 3.84. The van der Waals surface area contributed by atoms with Crippen molar-refractivity contribution in [2.45, 2.75) is 25.3 Å². The Hall–Kier alpha value is -0.770. The number of amides is 1. The van der Waals surface area contributed by atoms with Crippen LogP contribution in [0.2, 0.25) is 10.0 Å². The summed E-state index contributed by atoms with van der Waals surface area (Å²) in [6, 6.07) is 5.07. The molecule has 1 saturated carbocycles. The lowest BCUT2D eigenvalue weighted by Gasteiger charge is -2.37. The summed E-state index contributed by atoms with van der Waals surface area (Å²) in [4.78, 5) is 14.1. The number of aliphatic hydroxyl groups excluding tert-OH is 1. The van der Waals surface area contributed by atoms with Crippen molar-refractivity contribution in [3.8, 4) is 0 Å². The Bertz CT molecular complexity index is 447. The molecular formula is C13H15Cl2NO2. The number of carbonyl (C=O) groups is 1. The summed E-state index contributed by atoms with van der Waals surface area (Å²) in [5, 5.41) is 9.95. The summed E-state index contributed by atoms with van der Waals surface area (Å²) in [5.41, 5.74) is 0.407. The monoisotopic (exact) mass is 287 g/mol. The minimum absolute atomic E-state index is 0.0412. The molecule has 98 valence electrons. The van der Waals surface area contributed by atoms with Crippen molar-refractivity contribution in [1.82, 2.24) is 4.90 Å². The van der Waals surface area contributed by atoms with Gasteiger partial charge in [0.1, 0.15) is 0 Å². The van der Waals surface area contributed by atoms with E-state index >= 15 is 0 Å². The van der Waals surface area contributed by atoms with Crippen LogP contribution in [0.25, 0.3) is 0 Å². The fraction of sp³-hybridized carbons (Fsp3) is 0.462. The second-order valence-corrected chi connectivity index (χ2v) is 5.27. The molecule has 1 aliphatic rings. The SMILES string of the molecule is O=C(c1cc(Cl)ccc1Cl)N(CCO)C1CCC1. The second kappa shape index (κ2) is 5.91. The molecule has 1 aliphatic carbocycles. The van der Waals surface area contributed by atoms with Gasteiger partial charge in [-0.15, -0.1) is 0 Å². The molecule has 18 heavy (non-hydrogen) atoms. The third-order valence-electron chi connectivity index (χ3n) is 3.28. The number of hydrogen-bond acceptors (Lipinski definition) is 2. The number of carbonyl (C=O) groups excluding carboxylic acids is 1. The minimum atomic E-state index is -0.152. The number of hydrogen-bond donors (Lipinski definition) is 1. The molecule has 1 aromatic rings. The maximum absolute atomic E-state index is 12.4. The molecule has 3 nitrogen and oxygen atoms in total. The van der Waals surface area contributed by atoms with Crippen molar-refractivity contribution in [2.75, 3.05) is 13.2 Å². The normalized spacial score (nSPS) is 15.3. The number of aliphatic hydroxyl groups is 1. The first-order valence-electron chi connectivity index (χ1n) is 6.00. The Labute approximate surface area is 116 Å². The zero-order chi connectivity index (χ0) is 13.1. The molecule has 1 aromatic carbocycles. The molecule has 1 amide bonds. The van der Waals surface area contributed by atoms with Crippen LogP contribution in [0.4, 0.5) is 0 Å². The molecule has 5 heteroatoms. The highest BCUT2D eigenvalue weighted by Crippen LogP contribution is 2.28. The zero-order valence-corrected chi connectivity index (χ0v) is 11.4. The molecule has 0 radical (unpaired) electrons. The van der Waals surface area contributed by atoms with E-state index in [1.54, 1.807) is 23.1 Å². The van der Waals surface area contributed by atoms with Crippen LogP contribution in [0.5, 0.6) is 0 Å². The molecule has 0 aromatic heterocycles. The maximum Gasteiger partial charge on any atom is 0.255 e. The van der Waals surface area contributed by atoms with E-state index in [0.717, 1.165) is 19.3 Å². The fourth-order valence-corrected chi connectivity index (χ4v) is 2.44. The van der Waals surface area contributed by atoms with Gasteiger partial charge in [-0.1, -0.05) is 23.2 Å². The van der Waals surface area contributed by atoms with Crippen LogP contribution in [-0.2, 0) is 0 Å². The summed E-state index contributed by atoms with van der Waals surface area (Å²) in [7, 11) is 0. The van der Waals surface area contributed by atoms with Gasteiger partial charge in [0.05, 0.1) is 17.2 Å². The van der Waals surface area contributed by atoms with Crippen molar-refractivity contribution in [1.29, 1.82) is 0 Å². The van der Waals surface area contributed by atoms with E-state index in [1.807, 2.05) is 0 Å². The van der Waals surface area contributed by atoms with E-state index < -0.39 is 0 Å². The highest BCUT2D eigenvalue weighted by Gasteiger charge is 2.29. The van der Waals surface area contributed by atoms with Crippen molar-refractivity contribution in [2.24, 2.45) is 0 Å². The van der Waals surface area contributed by atoms with Gasteiger partial charge in [0.2, 0.25) is 0 Å². The largest absolute Gasteiger partial charge is 0.395 e. The molecular weight excluding hydrogens is 273 g/mol. The molecule has 0 saturated heterocycles. The Morgan fingerprint density at radius 1 is 1.39 bits per heavy atom. The van der Waals surface area contributed by atoms with Gasteiger partial charge >= 0.3 is 0 Å². The Morgan fingerprint density at radius 2 is 2.11 bits per heavy atom. The Morgan fingerprint density at radius 3 is 2.67 bits per heavy atom. The van der Waals surface area contributed by atoms with Gasteiger partial charge in [0, 0.05) is 17.6 Å². The van der Waals surface area contributed by atoms with E-state index in [4.69, 9.17) is 28.3 Å². The lowest BCUT2D eigenvalue weighted by Crippen LogP contribution is -2.45. The summed E-state index contributed by atoms with van der Waals surface area (Å²) in [6.45, 7) is 0.298. The van der Waals surface area contributed by atoms with Gasteiger partial charge < -0.3 is 10.0 Å². The van der Waals surface area contributed by atoms with Crippen LogP contribution in [0, 0.1) is 0 Å². The molecule has 0 spiro atoms. The van der Waals surface area contributed by atoms with E-state index in [2.05, 4.69) is 0 Å². The van der Waals surface area contributed by atoms with Gasteiger partial charge in [-0.25, -0.2) is 0 Å². The molecule has 2 rings (SSSR count). The average Bonchev–Trinajstić information content (AvgIpc) is 2.28. The van der Waals surface area contributed by atoms with Crippen molar-refractivity contribution < 1.29 is 9.90 Å². The van der Waals surface area contributed by atoms with Crippen molar-refractivity contribution in [3.63, 3.8) is 0 Å². The van der Waals surface area contributed by atoms with Crippen LogP contribution in [-0.4, -0.2) is 35.1 Å². The molecule has 1 fully saturated rings. The van der Waals surface area contributed by atoms with Gasteiger partial charge in [-0.05, 0) is 37.5 Å². The van der Waals surface area contributed by atoms with Gasteiger partial charge in [0.15, 0.2) is 0 Å². The summed E-state index contributed by atoms with van der Waals surface area (Å²) in [5.74, 6) is -0.152. The smallest absolute Gasteiger partial charge is 0.255 e. The molecule has 0 aliphatic heterocycles. The molecule has 0 unspecified atom stereocenters.